The zero-order valence-corrected chi connectivity index (χ0v) is 14.8. The molecule has 1 atom stereocenters. The lowest BCUT2D eigenvalue weighted by molar-refractivity contribution is -0.154. The molecular weight excluding hydrogens is 334 g/mol. The number of carboxylic acid groups (broad SMARTS) is 1. The van der Waals surface area contributed by atoms with Crippen LogP contribution in [0.5, 0.6) is 17.2 Å². The van der Waals surface area contributed by atoms with Crippen LogP contribution in [-0.4, -0.2) is 17.9 Å². The monoisotopic (exact) mass is 353 g/mol. The third-order valence-electron chi connectivity index (χ3n) is 4.41. The molecule has 6 heteroatoms. The Hall–Kier alpha value is -3.20. The Morgan fingerprint density at radius 1 is 1.23 bits per heavy atom. The van der Waals surface area contributed by atoms with Crippen LogP contribution in [0, 0.1) is 11.3 Å². The highest BCUT2D eigenvalue weighted by atomic mass is 16.7. The molecule has 6 nitrogen and oxygen atoms in total. The summed E-state index contributed by atoms with van der Waals surface area (Å²) in [6.45, 7) is 5.52. The summed E-state index contributed by atoms with van der Waals surface area (Å²) >= 11 is 0. The van der Waals surface area contributed by atoms with Gasteiger partial charge in [-0.05, 0) is 48.7 Å². The van der Waals surface area contributed by atoms with Crippen LogP contribution in [-0.2, 0) is 10.4 Å². The third-order valence-corrected chi connectivity index (χ3v) is 4.41. The number of carboxylic acids is 1. The minimum absolute atomic E-state index is 0.0631. The number of hydrogen-bond donors (Lipinski definition) is 1. The number of nitriles is 1. The van der Waals surface area contributed by atoms with Gasteiger partial charge in [0.25, 0.3) is 0 Å². The largest absolute Gasteiger partial charge is 0.478 e. The van der Waals surface area contributed by atoms with Gasteiger partial charge in [0.1, 0.15) is 5.75 Å². The maximum Gasteiger partial charge on any atom is 0.352 e. The first-order chi connectivity index (χ1) is 12.3. The molecule has 0 saturated carbocycles. The fourth-order valence-electron chi connectivity index (χ4n) is 2.80. The van der Waals surface area contributed by atoms with Crippen LogP contribution in [0.2, 0.25) is 0 Å². The fourth-order valence-corrected chi connectivity index (χ4v) is 2.80. The number of carbonyl (C=O) groups is 1. The van der Waals surface area contributed by atoms with E-state index in [0.29, 0.717) is 28.4 Å². The van der Waals surface area contributed by atoms with Gasteiger partial charge in [-0.15, -0.1) is 0 Å². The molecule has 0 radical (unpaired) electrons. The third kappa shape index (κ3) is 3.04. The molecule has 1 unspecified atom stereocenters. The first kappa shape index (κ1) is 17.6. The van der Waals surface area contributed by atoms with E-state index >= 15 is 0 Å². The van der Waals surface area contributed by atoms with Gasteiger partial charge in [0.2, 0.25) is 12.4 Å². The first-order valence-corrected chi connectivity index (χ1v) is 8.21. The van der Waals surface area contributed by atoms with Crippen LogP contribution < -0.4 is 14.2 Å². The van der Waals surface area contributed by atoms with Crippen LogP contribution in [0.15, 0.2) is 36.4 Å². The Labute approximate surface area is 151 Å². The molecule has 2 aromatic carbocycles. The zero-order valence-electron chi connectivity index (χ0n) is 14.8. The first-order valence-electron chi connectivity index (χ1n) is 8.21. The Kier molecular flexibility index (Phi) is 4.47. The van der Waals surface area contributed by atoms with Crippen LogP contribution in [0.25, 0.3) is 0 Å². The van der Waals surface area contributed by atoms with Crippen molar-refractivity contribution in [1.82, 2.24) is 0 Å². The summed E-state index contributed by atoms with van der Waals surface area (Å²) in [7, 11) is 0. The summed E-state index contributed by atoms with van der Waals surface area (Å²) in [5.74, 6) is 0.426. The van der Waals surface area contributed by atoms with Crippen molar-refractivity contribution < 1.29 is 24.1 Å². The van der Waals surface area contributed by atoms with Crippen molar-refractivity contribution in [3.63, 3.8) is 0 Å². The smallest absolute Gasteiger partial charge is 0.352 e. The molecule has 0 bridgehead atoms. The lowest BCUT2D eigenvalue weighted by Gasteiger charge is -2.29. The number of hydrogen-bond acceptors (Lipinski definition) is 5. The van der Waals surface area contributed by atoms with Crippen molar-refractivity contribution in [3.05, 3.63) is 53.1 Å². The molecule has 0 amide bonds. The van der Waals surface area contributed by atoms with Crippen molar-refractivity contribution in [1.29, 1.82) is 5.26 Å². The molecule has 0 saturated heterocycles. The van der Waals surface area contributed by atoms with E-state index in [9.17, 15) is 9.90 Å². The van der Waals surface area contributed by atoms with Crippen LogP contribution in [0.1, 0.15) is 43.4 Å². The van der Waals surface area contributed by atoms with Crippen molar-refractivity contribution in [3.8, 4) is 23.3 Å². The van der Waals surface area contributed by atoms with E-state index in [0.717, 1.165) is 5.56 Å². The molecule has 1 aliphatic rings. The Bertz CT molecular complexity index is 900. The summed E-state index contributed by atoms with van der Waals surface area (Å²) in [6.07, 6.45) is 0. The Morgan fingerprint density at radius 2 is 1.96 bits per heavy atom. The van der Waals surface area contributed by atoms with Crippen LogP contribution in [0.4, 0.5) is 0 Å². The van der Waals surface area contributed by atoms with Gasteiger partial charge in [0.15, 0.2) is 11.5 Å². The molecule has 1 aliphatic heterocycles. The van der Waals surface area contributed by atoms with E-state index in [-0.39, 0.29) is 12.7 Å². The summed E-state index contributed by atoms with van der Waals surface area (Å²) in [4.78, 5) is 12.1. The van der Waals surface area contributed by atoms with Crippen molar-refractivity contribution in [2.24, 2.45) is 0 Å². The lowest BCUT2D eigenvalue weighted by atomic mass is 9.94. The van der Waals surface area contributed by atoms with Crippen molar-refractivity contribution in [2.45, 2.75) is 32.3 Å². The molecular formula is C20H19NO5. The van der Waals surface area contributed by atoms with Gasteiger partial charge in [-0.3, -0.25) is 0 Å². The highest BCUT2D eigenvalue weighted by molar-refractivity contribution is 5.80. The van der Waals surface area contributed by atoms with Gasteiger partial charge in [-0.1, -0.05) is 19.9 Å². The molecule has 1 N–H and O–H groups in total. The van der Waals surface area contributed by atoms with Gasteiger partial charge in [-0.2, -0.15) is 5.26 Å². The minimum Gasteiger partial charge on any atom is -0.478 e. The predicted molar refractivity (Wildman–Crippen MR) is 93.4 cm³/mol. The molecule has 1 heterocycles. The van der Waals surface area contributed by atoms with E-state index < -0.39 is 11.6 Å². The van der Waals surface area contributed by atoms with E-state index in [4.69, 9.17) is 19.5 Å². The van der Waals surface area contributed by atoms with Gasteiger partial charge >= 0.3 is 5.97 Å². The molecule has 3 rings (SSSR count). The van der Waals surface area contributed by atoms with E-state index in [2.05, 4.69) is 6.07 Å². The van der Waals surface area contributed by atoms with Crippen LogP contribution >= 0.6 is 0 Å². The highest BCUT2D eigenvalue weighted by Crippen LogP contribution is 2.39. The maximum atomic E-state index is 12.1. The summed E-state index contributed by atoms with van der Waals surface area (Å²) < 4.78 is 16.6. The number of fused-ring (bicyclic) bond motifs is 1. The average Bonchev–Trinajstić information content (AvgIpc) is 3.09. The van der Waals surface area contributed by atoms with Gasteiger partial charge in [0.05, 0.1) is 11.6 Å². The van der Waals surface area contributed by atoms with E-state index in [1.807, 2.05) is 13.8 Å². The molecule has 26 heavy (non-hydrogen) atoms. The molecule has 0 aromatic heterocycles. The second-order valence-electron chi connectivity index (χ2n) is 6.53. The Balaban J connectivity index is 2.04. The van der Waals surface area contributed by atoms with Gasteiger partial charge in [0, 0.05) is 5.56 Å². The number of aliphatic carboxylic acids is 1. The van der Waals surface area contributed by atoms with E-state index in [1.165, 1.54) is 6.92 Å². The van der Waals surface area contributed by atoms with Crippen LogP contribution in [0.3, 0.4) is 0 Å². The quantitative estimate of drug-likeness (QED) is 0.880. The zero-order chi connectivity index (χ0) is 18.9. The highest BCUT2D eigenvalue weighted by Gasteiger charge is 2.39. The molecule has 2 aromatic rings. The second-order valence-corrected chi connectivity index (χ2v) is 6.53. The summed E-state index contributed by atoms with van der Waals surface area (Å²) in [6, 6.07) is 12.0. The molecule has 0 fully saturated rings. The summed E-state index contributed by atoms with van der Waals surface area (Å²) in [5, 5.41) is 19.0. The van der Waals surface area contributed by atoms with Gasteiger partial charge < -0.3 is 19.3 Å². The topological polar surface area (TPSA) is 88.8 Å². The number of nitrogens with zero attached hydrogens (tertiary/aromatic N) is 1. The molecule has 0 aliphatic carbocycles. The lowest BCUT2D eigenvalue weighted by Crippen LogP contribution is -2.38. The summed E-state index contributed by atoms with van der Waals surface area (Å²) in [5.41, 5.74) is 0.0884. The predicted octanol–water partition coefficient (Wildman–Crippen LogP) is 3.79. The van der Waals surface area contributed by atoms with Gasteiger partial charge in [-0.25, -0.2) is 4.79 Å². The Morgan fingerprint density at radius 3 is 2.62 bits per heavy atom. The maximum absolute atomic E-state index is 12.1. The number of rotatable bonds is 5. The minimum atomic E-state index is -1.63. The SMILES string of the molecule is CC(C)c1cc(C#N)ccc1OC(C)(C(=O)O)c1ccc2c(c1)OCO2. The molecule has 0 spiro atoms. The second kappa shape index (κ2) is 6.60. The number of benzene rings is 2. The van der Waals surface area contributed by atoms with Crippen molar-refractivity contribution in [2.75, 3.05) is 6.79 Å². The van der Waals surface area contributed by atoms with Crippen molar-refractivity contribution >= 4 is 5.97 Å². The standard InChI is InChI=1S/C20H19NO5/c1-12(2)15-8-13(10-21)4-6-16(15)26-20(3,19(22)23)14-5-7-17-18(9-14)25-11-24-17/h4-9,12H,11H2,1-3H3,(H,22,23). The average molecular weight is 353 g/mol. The normalized spacial score (nSPS) is 14.6. The van der Waals surface area contributed by atoms with E-state index in [1.54, 1.807) is 36.4 Å². The molecule has 134 valence electrons. The number of ether oxygens (including phenoxy) is 3. The fraction of sp³-hybridized carbons (Fsp3) is 0.300.